The zero-order chi connectivity index (χ0) is 14.3. The first-order chi connectivity index (χ1) is 8.11. The van der Waals surface area contributed by atoms with Crippen LogP contribution in [0.25, 0.3) is 0 Å². The summed E-state index contributed by atoms with van der Waals surface area (Å²) in [5.41, 5.74) is -0.0176. The van der Waals surface area contributed by atoms with Gasteiger partial charge in [0.15, 0.2) is 0 Å². The summed E-state index contributed by atoms with van der Waals surface area (Å²) in [6, 6.07) is 0.406. The van der Waals surface area contributed by atoms with Crippen molar-refractivity contribution in [1.82, 2.24) is 15.5 Å². The lowest BCUT2D eigenvalue weighted by Gasteiger charge is -2.26. The van der Waals surface area contributed by atoms with E-state index in [2.05, 4.69) is 64.2 Å². The van der Waals surface area contributed by atoms with E-state index in [9.17, 15) is 4.79 Å². The molecule has 0 aliphatic carbocycles. The zero-order valence-corrected chi connectivity index (χ0v) is 13.1. The molecule has 2 N–H and O–H groups in total. The smallest absolute Gasteiger partial charge is 0.234 e. The molecule has 0 saturated heterocycles. The Morgan fingerprint density at radius 2 is 1.78 bits per heavy atom. The first-order valence-corrected chi connectivity index (χ1v) is 6.80. The quantitative estimate of drug-likeness (QED) is 0.726. The van der Waals surface area contributed by atoms with Crippen LogP contribution in [0.2, 0.25) is 0 Å². The van der Waals surface area contributed by atoms with Gasteiger partial charge in [-0.05, 0) is 47.2 Å². The van der Waals surface area contributed by atoms with Crippen LogP contribution >= 0.6 is 0 Å². The molecule has 108 valence electrons. The Morgan fingerprint density at radius 3 is 2.17 bits per heavy atom. The molecule has 1 atom stereocenters. The molecule has 1 unspecified atom stereocenters. The van der Waals surface area contributed by atoms with Crippen molar-refractivity contribution < 1.29 is 4.79 Å². The highest BCUT2D eigenvalue weighted by molar-refractivity contribution is 5.78. The molecule has 0 aliphatic heterocycles. The van der Waals surface area contributed by atoms with Crippen LogP contribution in [0.5, 0.6) is 0 Å². The minimum atomic E-state index is -0.0176. The summed E-state index contributed by atoms with van der Waals surface area (Å²) in [5.74, 6) is 0.711. The minimum absolute atomic E-state index is 0.0176. The summed E-state index contributed by atoms with van der Waals surface area (Å²) in [7, 11) is 4.12. The maximum absolute atomic E-state index is 11.7. The van der Waals surface area contributed by atoms with Gasteiger partial charge in [-0.15, -0.1) is 0 Å². The first-order valence-electron chi connectivity index (χ1n) is 6.80. The van der Waals surface area contributed by atoms with Gasteiger partial charge in [-0.1, -0.05) is 13.8 Å². The molecule has 0 rings (SSSR count). The van der Waals surface area contributed by atoms with Gasteiger partial charge < -0.3 is 15.5 Å². The Bertz CT molecular complexity index is 244. The summed E-state index contributed by atoms with van der Waals surface area (Å²) in [6.07, 6.45) is 1.10. The van der Waals surface area contributed by atoms with Crippen molar-refractivity contribution >= 4 is 5.91 Å². The van der Waals surface area contributed by atoms with Gasteiger partial charge >= 0.3 is 0 Å². The summed E-state index contributed by atoms with van der Waals surface area (Å²) in [6.45, 7) is 11.7. The first kappa shape index (κ1) is 17.4. The molecule has 0 aliphatic rings. The summed E-state index contributed by atoms with van der Waals surface area (Å²) >= 11 is 0. The Kier molecular flexibility index (Phi) is 7.48. The molecule has 1 amide bonds. The SMILES string of the molecule is CC(C)CC(CNC(=O)CNC(C)(C)C)N(C)C. The molecular weight excluding hydrogens is 226 g/mol. The van der Waals surface area contributed by atoms with Crippen LogP contribution in [0, 0.1) is 5.92 Å². The summed E-state index contributed by atoms with van der Waals surface area (Å²) in [5, 5.41) is 6.19. The number of nitrogens with zero attached hydrogens (tertiary/aromatic N) is 1. The monoisotopic (exact) mass is 257 g/mol. The second kappa shape index (κ2) is 7.74. The molecule has 18 heavy (non-hydrogen) atoms. The number of rotatable bonds is 7. The van der Waals surface area contributed by atoms with E-state index >= 15 is 0 Å². The number of likely N-dealkylation sites (N-methyl/N-ethyl adjacent to an activating group) is 1. The summed E-state index contributed by atoms with van der Waals surface area (Å²) in [4.78, 5) is 13.9. The lowest BCUT2D eigenvalue weighted by molar-refractivity contribution is -0.120. The lowest BCUT2D eigenvalue weighted by atomic mass is 10.0. The fraction of sp³-hybridized carbons (Fsp3) is 0.929. The van der Waals surface area contributed by atoms with Crippen LogP contribution in [-0.2, 0) is 4.79 Å². The number of amides is 1. The van der Waals surface area contributed by atoms with Crippen LogP contribution in [0.3, 0.4) is 0 Å². The third kappa shape index (κ3) is 9.42. The largest absolute Gasteiger partial charge is 0.353 e. The van der Waals surface area contributed by atoms with Crippen molar-refractivity contribution in [3.63, 3.8) is 0 Å². The van der Waals surface area contributed by atoms with Crippen molar-refractivity contribution in [3.8, 4) is 0 Å². The van der Waals surface area contributed by atoms with Crippen molar-refractivity contribution in [2.24, 2.45) is 5.92 Å². The number of carbonyl (C=O) groups is 1. The average molecular weight is 257 g/mol. The fourth-order valence-electron chi connectivity index (χ4n) is 1.66. The van der Waals surface area contributed by atoms with Crippen molar-refractivity contribution in [1.29, 1.82) is 0 Å². The van der Waals surface area contributed by atoms with Gasteiger partial charge in [0, 0.05) is 18.1 Å². The van der Waals surface area contributed by atoms with Gasteiger partial charge in [-0.3, -0.25) is 4.79 Å². The van der Waals surface area contributed by atoms with Crippen molar-refractivity contribution in [2.75, 3.05) is 27.2 Å². The maximum atomic E-state index is 11.7. The second-order valence-corrected chi connectivity index (χ2v) is 6.65. The topological polar surface area (TPSA) is 44.4 Å². The number of hydrogen-bond acceptors (Lipinski definition) is 3. The minimum Gasteiger partial charge on any atom is -0.353 e. The normalized spacial score (nSPS) is 14.1. The maximum Gasteiger partial charge on any atom is 0.234 e. The third-order valence-electron chi connectivity index (χ3n) is 2.79. The van der Waals surface area contributed by atoms with Crippen LogP contribution < -0.4 is 10.6 Å². The van der Waals surface area contributed by atoms with E-state index in [4.69, 9.17) is 0 Å². The van der Waals surface area contributed by atoms with Crippen LogP contribution in [0.1, 0.15) is 41.0 Å². The van der Waals surface area contributed by atoms with E-state index in [1.807, 2.05) is 0 Å². The molecule has 0 saturated carbocycles. The molecule has 0 bridgehead atoms. The molecule has 0 aromatic heterocycles. The Balaban J connectivity index is 4.00. The highest BCUT2D eigenvalue weighted by Crippen LogP contribution is 2.08. The second-order valence-electron chi connectivity index (χ2n) is 6.65. The molecule has 0 radical (unpaired) electrons. The van der Waals surface area contributed by atoms with Crippen LogP contribution in [-0.4, -0.2) is 49.6 Å². The Morgan fingerprint density at radius 1 is 1.22 bits per heavy atom. The molecule has 4 heteroatoms. The van der Waals surface area contributed by atoms with E-state index in [1.54, 1.807) is 0 Å². The van der Waals surface area contributed by atoms with E-state index < -0.39 is 0 Å². The Hall–Kier alpha value is -0.610. The third-order valence-corrected chi connectivity index (χ3v) is 2.79. The molecule has 0 aromatic carbocycles. The van der Waals surface area contributed by atoms with Gasteiger partial charge in [0.05, 0.1) is 6.54 Å². The standard InChI is InChI=1S/C14H31N3O/c1-11(2)8-12(17(6)7)9-15-13(18)10-16-14(3,4)5/h11-12,16H,8-10H2,1-7H3,(H,15,18). The average Bonchev–Trinajstić information content (AvgIpc) is 2.19. The van der Waals surface area contributed by atoms with Crippen molar-refractivity contribution in [2.45, 2.75) is 52.6 Å². The number of hydrogen-bond donors (Lipinski definition) is 2. The van der Waals surface area contributed by atoms with E-state index in [0.29, 0.717) is 18.5 Å². The number of carbonyl (C=O) groups excluding carboxylic acids is 1. The molecular formula is C14H31N3O. The molecule has 0 aromatic rings. The molecule has 4 nitrogen and oxygen atoms in total. The predicted octanol–water partition coefficient (Wildman–Crippen LogP) is 1.47. The highest BCUT2D eigenvalue weighted by atomic mass is 16.1. The van der Waals surface area contributed by atoms with E-state index in [0.717, 1.165) is 13.0 Å². The van der Waals surface area contributed by atoms with E-state index in [-0.39, 0.29) is 11.4 Å². The van der Waals surface area contributed by atoms with Crippen LogP contribution in [0.15, 0.2) is 0 Å². The Labute approximate surface area is 113 Å². The van der Waals surface area contributed by atoms with Crippen molar-refractivity contribution in [3.05, 3.63) is 0 Å². The lowest BCUT2D eigenvalue weighted by Crippen LogP contribution is -2.46. The highest BCUT2D eigenvalue weighted by Gasteiger charge is 2.15. The van der Waals surface area contributed by atoms with Gasteiger partial charge in [0.25, 0.3) is 0 Å². The van der Waals surface area contributed by atoms with Gasteiger partial charge in [0.1, 0.15) is 0 Å². The molecule has 0 fully saturated rings. The molecule has 0 heterocycles. The zero-order valence-electron chi connectivity index (χ0n) is 13.1. The fourth-order valence-corrected chi connectivity index (χ4v) is 1.66. The van der Waals surface area contributed by atoms with E-state index in [1.165, 1.54) is 0 Å². The van der Waals surface area contributed by atoms with Crippen LogP contribution in [0.4, 0.5) is 0 Å². The number of nitrogens with one attached hydrogen (secondary N) is 2. The van der Waals surface area contributed by atoms with Gasteiger partial charge in [-0.2, -0.15) is 0 Å². The van der Waals surface area contributed by atoms with Gasteiger partial charge in [-0.25, -0.2) is 0 Å². The predicted molar refractivity (Wildman–Crippen MR) is 77.7 cm³/mol. The van der Waals surface area contributed by atoms with Gasteiger partial charge in [0.2, 0.25) is 5.91 Å². The molecule has 0 spiro atoms. The summed E-state index contributed by atoms with van der Waals surface area (Å²) < 4.78 is 0.